The lowest BCUT2D eigenvalue weighted by atomic mass is 9.94. The van der Waals surface area contributed by atoms with Gasteiger partial charge in [-0.2, -0.15) is 10.4 Å². The fraction of sp³-hybridized carbons (Fsp3) is 0.471. The molecule has 3 rings (SSSR count). The molecule has 1 saturated heterocycles. The summed E-state index contributed by atoms with van der Waals surface area (Å²) in [6.45, 7) is 5.55. The molecule has 6 nitrogen and oxygen atoms in total. The summed E-state index contributed by atoms with van der Waals surface area (Å²) in [4.78, 5) is 4.23. The Morgan fingerprint density at radius 3 is 2.92 bits per heavy atom. The van der Waals surface area contributed by atoms with Crippen molar-refractivity contribution in [2.45, 2.75) is 26.4 Å². The normalized spacial score (nSPS) is 20.1. The Hall–Kier alpha value is -2.10. The first-order valence-electron chi connectivity index (χ1n) is 7.93. The Balaban J connectivity index is 1.74. The molecule has 0 amide bonds. The molecule has 0 radical (unpaired) electrons. The van der Waals surface area contributed by atoms with Gasteiger partial charge in [-0.15, -0.1) is 0 Å². The van der Waals surface area contributed by atoms with Crippen LogP contribution in [-0.2, 0) is 11.8 Å². The van der Waals surface area contributed by atoms with Gasteiger partial charge in [-0.05, 0) is 32.4 Å². The molecule has 24 heavy (non-hydrogen) atoms. The average molecular weight is 346 g/mol. The first-order valence-corrected chi connectivity index (χ1v) is 8.31. The van der Waals surface area contributed by atoms with E-state index in [9.17, 15) is 0 Å². The molecule has 0 spiro atoms. The van der Waals surface area contributed by atoms with Crippen LogP contribution in [0.3, 0.4) is 0 Å². The van der Waals surface area contributed by atoms with E-state index in [-0.39, 0.29) is 11.8 Å². The molecular formula is C17H20ClN5O. The van der Waals surface area contributed by atoms with Crippen molar-refractivity contribution in [2.24, 2.45) is 13.0 Å². The van der Waals surface area contributed by atoms with E-state index in [0.29, 0.717) is 16.8 Å². The van der Waals surface area contributed by atoms with Gasteiger partial charge in [-0.25, -0.2) is 4.98 Å². The van der Waals surface area contributed by atoms with Gasteiger partial charge < -0.3 is 10.1 Å². The van der Waals surface area contributed by atoms with Crippen LogP contribution < -0.4 is 5.32 Å². The molecule has 2 aromatic heterocycles. The highest BCUT2D eigenvalue weighted by Gasteiger charge is 2.33. The molecule has 0 aliphatic carbocycles. The minimum absolute atomic E-state index is 0.0361. The van der Waals surface area contributed by atoms with Crippen molar-refractivity contribution < 1.29 is 4.74 Å². The minimum Gasteiger partial charge on any atom is -0.373 e. The maximum atomic E-state index is 9.02. The summed E-state index contributed by atoms with van der Waals surface area (Å²) in [5.74, 6) is 0.982. The van der Waals surface area contributed by atoms with Gasteiger partial charge in [0.15, 0.2) is 5.69 Å². The molecule has 2 atom stereocenters. The number of nitrogens with zero attached hydrogens (tertiary/aromatic N) is 4. The van der Waals surface area contributed by atoms with Gasteiger partial charge in [-0.3, -0.25) is 4.68 Å². The standard InChI is InChI=1S/C17H20ClN5O/c1-10-16(11(2)23(3)22-10)17-12(6-7-24-17)9-20-15-5-4-13(18)14(8-19)21-15/h4-5,12,17H,6-7,9H2,1-3H3,(H,20,21)/t12-,17+/m1/s1. The average Bonchev–Trinajstić information content (AvgIpc) is 3.11. The van der Waals surface area contributed by atoms with Crippen LogP contribution in [0, 0.1) is 31.1 Å². The SMILES string of the molecule is Cc1nn(C)c(C)c1[C@H]1OCC[C@@H]1CNc1ccc(Cl)c(C#N)n1. The molecule has 0 unspecified atom stereocenters. The van der Waals surface area contributed by atoms with E-state index in [0.717, 1.165) is 31.0 Å². The molecule has 1 N–H and O–H groups in total. The first-order chi connectivity index (χ1) is 11.5. The highest BCUT2D eigenvalue weighted by molar-refractivity contribution is 6.31. The van der Waals surface area contributed by atoms with Crippen molar-refractivity contribution in [3.63, 3.8) is 0 Å². The van der Waals surface area contributed by atoms with Gasteiger partial charge in [0.1, 0.15) is 11.9 Å². The maximum Gasteiger partial charge on any atom is 0.161 e. The number of anilines is 1. The molecule has 1 aliphatic heterocycles. The van der Waals surface area contributed by atoms with Gasteiger partial charge in [0.2, 0.25) is 0 Å². The molecule has 2 aromatic rings. The van der Waals surface area contributed by atoms with E-state index in [2.05, 4.69) is 22.3 Å². The summed E-state index contributed by atoms with van der Waals surface area (Å²) in [6, 6.07) is 5.47. The number of pyridine rings is 1. The Labute approximate surface area is 146 Å². The second kappa shape index (κ2) is 6.80. The van der Waals surface area contributed by atoms with Crippen molar-refractivity contribution in [3.05, 3.63) is 39.8 Å². The van der Waals surface area contributed by atoms with E-state index < -0.39 is 0 Å². The third-order valence-electron chi connectivity index (χ3n) is 4.56. The van der Waals surface area contributed by atoms with E-state index in [1.54, 1.807) is 12.1 Å². The zero-order chi connectivity index (χ0) is 17.3. The van der Waals surface area contributed by atoms with Crippen molar-refractivity contribution in [3.8, 4) is 6.07 Å². The number of hydrogen-bond donors (Lipinski definition) is 1. The van der Waals surface area contributed by atoms with Crippen LogP contribution in [0.4, 0.5) is 5.82 Å². The molecular weight excluding hydrogens is 326 g/mol. The van der Waals surface area contributed by atoms with Gasteiger partial charge >= 0.3 is 0 Å². The van der Waals surface area contributed by atoms with Crippen LogP contribution >= 0.6 is 11.6 Å². The molecule has 0 bridgehead atoms. The number of ether oxygens (including phenoxy) is 1. The highest BCUT2D eigenvalue weighted by atomic mass is 35.5. The lowest BCUT2D eigenvalue weighted by Crippen LogP contribution is -2.19. The number of aromatic nitrogens is 3. The van der Waals surface area contributed by atoms with Crippen LogP contribution in [0.25, 0.3) is 0 Å². The number of hydrogen-bond acceptors (Lipinski definition) is 5. The van der Waals surface area contributed by atoms with Gasteiger partial charge in [0.25, 0.3) is 0 Å². The fourth-order valence-electron chi connectivity index (χ4n) is 3.22. The zero-order valence-corrected chi connectivity index (χ0v) is 14.8. The molecule has 0 saturated carbocycles. The largest absolute Gasteiger partial charge is 0.373 e. The molecule has 126 valence electrons. The Morgan fingerprint density at radius 2 is 2.25 bits per heavy atom. The summed E-state index contributed by atoms with van der Waals surface area (Å²) < 4.78 is 7.89. The second-order valence-electron chi connectivity index (χ2n) is 6.07. The maximum absolute atomic E-state index is 9.02. The Kier molecular flexibility index (Phi) is 4.74. The van der Waals surface area contributed by atoms with Crippen LogP contribution in [-0.4, -0.2) is 27.9 Å². The summed E-state index contributed by atoms with van der Waals surface area (Å²) in [5.41, 5.74) is 3.58. The summed E-state index contributed by atoms with van der Waals surface area (Å²) in [6.07, 6.45) is 1.01. The summed E-state index contributed by atoms with van der Waals surface area (Å²) in [7, 11) is 1.95. The number of halogens is 1. The summed E-state index contributed by atoms with van der Waals surface area (Å²) >= 11 is 5.92. The van der Waals surface area contributed by atoms with Crippen LogP contribution in [0.15, 0.2) is 12.1 Å². The third-order valence-corrected chi connectivity index (χ3v) is 4.87. The van der Waals surface area contributed by atoms with Crippen LogP contribution in [0.1, 0.15) is 35.2 Å². The predicted molar refractivity (Wildman–Crippen MR) is 91.9 cm³/mol. The van der Waals surface area contributed by atoms with Crippen molar-refractivity contribution in [1.82, 2.24) is 14.8 Å². The lowest BCUT2D eigenvalue weighted by Gasteiger charge is -2.20. The number of nitriles is 1. The zero-order valence-electron chi connectivity index (χ0n) is 14.0. The predicted octanol–water partition coefficient (Wildman–Crippen LogP) is 3.15. The van der Waals surface area contributed by atoms with Crippen molar-refractivity contribution in [1.29, 1.82) is 5.26 Å². The van der Waals surface area contributed by atoms with Crippen LogP contribution in [0.5, 0.6) is 0 Å². The van der Waals surface area contributed by atoms with Gasteiger partial charge in [0.05, 0.1) is 16.8 Å². The Bertz CT molecular complexity index is 795. The number of aryl methyl sites for hydroxylation is 2. The Morgan fingerprint density at radius 1 is 1.46 bits per heavy atom. The smallest absolute Gasteiger partial charge is 0.161 e. The molecule has 7 heteroatoms. The molecule has 0 aromatic carbocycles. The van der Waals surface area contributed by atoms with Crippen LogP contribution in [0.2, 0.25) is 5.02 Å². The number of nitrogens with one attached hydrogen (secondary N) is 1. The third kappa shape index (κ3) is 3.10. The van der Waals surface area contributed by atoms with Gasteiger partial charge in [-0.1, -0.05) is 11.6 Å². The van der Waals surface area contributed by atoms with Gasteiger partial charge in [0, 0.05) is 37.4 Å². The molecule has 3 heterocycles. The van der Waals surface area contributed by atoms with Crippen molar-refractivity contribution >= 4 is 17.4 Å². The lowest BCUT2D eigenvalue weighted by molar-refractivity contribution is 0.0922. The second-order valence-corrected chi connectivity index (χ2v) is 6.48. The minimum atomic E-state index is 0.0361. The monoisotopic (exact) mass is 345 g/mol. The fourth-order valence-corrected chi connectivity index (χ4v) is 3.37. The highest BCUT2D eigenvalue weighted by Crippen LogP contribution is 2.37. The van der Waals surface area contributed by atoms with E-state index in [1.165, 1.54) is 5.56 Å². The first kappa shape index (κ1) is 16.7. The van der Waals surface area contributed by atoms with Crippen molar-refractivity contribution in [2.75, 3.05) is 18.5 Å². The summed E-state index contributed by atoms with van der Waals surface area (Å²) in [5, 5.41) is 17.2. The quantitative estimate of drug-likeness (QED) is 0.921. The van der Waals surface area contributed by atoms with E-state index in [4.69, 9.17) is 21.6 Å². The van der Waals surface area contributed by atoms with E-state index in [1.807, 2.05) is 24.7 Å². The van der Waals surface area contributed by atoms with E-state index >= 15 is 0 Å². The molecule has 1 fully saturated rings. The molecule has 1 aliphatic rings. The topological polar surface area (TPSA) is 75.8 Å². The number of rotatable bonds is 4.